The molecule has 100 valence electrons. The fraction of sp³-hybridized carbons (Fsp3) is 0.812. The lowest BCUT2D eigenvalue weighted by Crippen LogP contribution is -2.52. The summed E-state index contributed by atoms with van der Waals surface area (Å²) >= 11 is 0. The summed E-state index contributed by atoms with van der Waals surface area (Å²) in [4.78, 5) is 12.1. The molecule has 0 aromatic rings. The van der Waals surface area contributed by atoms with Gasteiger partial charge in [-0.1, -0.05) is 20.4 Å². The van der Waals surface area contributed by atoms with Crippen LogP contribution in [0.3, 0.4) is 0 Å². The van der Waals surface area contributed by atoms with E-state index in [1.165, 1.54) is 19.3 Å². The number of hydrogen-bond donors (Lipinski definition) is 0. The van der Waals surface area contributed by atoms with Crippen molar-refractivity contribution in [3.8, 4) is 0 Å². The molecule has 2 nitrogen and oxygen atoms in total. The third kappa shape index (κ3) is 2.00. The first-order chi connectivity index (χ1) is 8.47. The molecule has 4 rings (SSSR count). The predicted octanol–water partition coefficient (Wildman–Crippen LogP) is 3.71. The van der Waals surface area contributed by atoms with Gasteiger partial charge in [-0.25, -0.2) is 4.79 Å². The second kappa shape index (κ2) is 4.11. The van der Waals surface area contributed by atoms with E-state index < -0.39 is 0 Å². The second-order valence-electron chi connectivity index (χ2n) is 7.17. The Hall–Kier alpha value is -0.790. The van der Waals surface area contributed by atoms with E-state index in [4.69, 9.17) is 4.74 Å². The normalized spacial score (nSPS) is 41.2. The van der Waals surface area contributed by atoms with Gasteiger partial charge >= 0.3 is 5.97 Å². The molecular formula is C16H24O2. The smallest absolute Gasteiger partial charge is 0.334 e. The van der Waals surface area contributed by atoms with Gasteiger partial charge in [-0.3, -0.25) is 0 Å². The largest absolute Gasteiger partial charge is 0.456 e. The zero-order chi connectivity index (χ0) is 12.9. The summed E-state index contributed by atoms with van der Waals surface area (Å²) in [6, 6.07) is 0. The monoisotopic (exact) mass is 248 g/mol. The standard InChI is InChI=1S/C16H24O2/c1-10(2)11(3)15(17)18-16-7-12-4-13(8-16)6-14(5-12)9-16/h10,12-14H,3-9H2,1-2H3. The third-order valence-corrected chi connectivity index (χ3v) is 5.25. The number of ether oxygens (including phenoxy) is 1. The van der Waals surface area contributed by atoms with E-state index in [0.717, 1.165) is 37.0 Å². The molecule has 18 heavy (non-hydrogen) atoms. The fourth-order valence-electron chi connectivity index (χ4n) is 4.65. The van der Waals surface area contributed by atoms with Crippen LogP contribution in [0.2, 0.25) is 0 Å². The van der Waals surface area contributed by atoms with Crippen LogP contribution in [0, 0.1) is 23.7 Å². The minimum absolute atomic E-state index is 0.121. The quantitative estimate of drug-likeness (QED) is 0.562. The second-order valence-corrected chi connectivity index (χ2v) is 7.17. The highest BCUT2D eigenvalue weighted by molar-refractivity contribution is 5.88. The van der Waals surface area contributed by atoms with Crippen LogP contribution in [-0.4, -0.2) is 11.6 Å². The Morgan fingerprint density at radius 2 is 1.56 bits per heavy atom. The number of carbonyl (C=O) groups is 1. The lowest BCUT2D eigenvalue weighted by Gasteiger charge is -2.55. The molecule has 2 heteroatoms. The van der Waals surface area contributed by atoms with Gasteiger partial charge in [-0.15, -0.1) is 0 Å². The zero-order valence-electron chi connectivity index (χ0n) is 11.6. The van der Waals surface area contributed by atoms with Crippen LogP contribution >= 0.6 is 0 Å². The van der Waals surface area contributed by atoms with E-state index in [1.54, 1.807) is 0 Å². The Morgan fingerprint density at radius 3 is 1.94 bits per heavy atom. The SMILES string of the molecule is C=C(C(=O)OC12CC3CC(CC(C3)C1)C2)C(C)C. The van der Waals surface area contributed by atoms with Gasteiger partial charge in [0.2, 0.25) is 0 Å². The molecule has 0 atom stereocenters. The fourth-order valence-corrected chi connectivity index (χ4v) is 4.65. The number of esters is 1. The van der Waals surface area contributed by atoms with Gasteiger partial charge in [0.1, 0.15) is 5.60 Å². The van der Waals surface area contributed by atoms with E-state index in [2.05, 4.69) is 6.58 Å². The Balaban J connectivity index is 1.72. The Labute approximate surface area is 110 Å². The molecule has 0 spiro atoms. The Bertz CT molecular complexity index is 345. The first kappa shape index (κ1) is 12.3. The van der Waals surface area contributed by atoms with E-state index in [0.29, 0.717) is 5.57 Å². The molecule has 0 radical (unpaired) electrons. The molecule has 0 aromatic carbocycles. The highest BCUT2D eigenvalue weighted by Gasteiger charge is 2.53. The lowest BCUT2D eigenvalue weighted by atomic mass is 9.54. The van der Waals surface area contributed by atoms with Crippen molar-refractivity contribution in [3.05, 3.63) is 12.2 Å². The minimum Gasteiger partial charge on any atom is -0.456 e. The maximum atomic E-state index is 12.1. The zero-order valence-corrected chi connectivity index (χ0v) is 11.6. The molecule has 4 aliphatic rings. The summed E-state index contributed by atoms with van der Waals surface area (Å²) in [5.41, 5.74) is 0.509. The first-order valence-corrected chi connectivity index (χ1v) is 7.39. The van der Waals surface area contributed by atoms with Crippen LogP contribution in [0.1, 0.15) is 52.4 Å². The van der Waals surface area contributed by atoms with Gasteiger partial charge in [-0.05, 0) is 62.2 Å². The van der Waals surface area contributed by atoms with Gasteiger partial charge < -0.3 is 4.74 Å². The van der Waals surface area contributed by atoms with Crippen LogP contribution in [0.5, 0.6) is 0 Å². The van der Waals surface area contributed by atoms with Crippen molar-refractivity contribution in [3.63, 3.8) is 0 Å². The highest BCUT2D eigenvalue weighted by Crippen LogP contribution is 2.57. The van der Waals surface area contributed by atoms with E-state index in [-0.39, 0.29) is 17.5 Å². The van der Waals surface area contributed by atoms with Crippen LogP contribution in [-0.2, 0) is 9.53 Å². The van der Waals surface area contributed by atoms with Gasteiger partial charge in [0, 0.05) is 5.57 Å². The molecule has 0 saturated heterocycles. The summed E-state index contributed by atoms with van der Waals surface area (Å²) < 4.78 is 5.94. The van der Waals surface area contributed by atoms with Crippen molar-refractivity contribution in [1.82, 2.24) is 0 Å². The Morgan fingerprint density at radius 1 is 1.11 bits per heavy atom. The van der Waals surface area contributed by atoms with Crippen LogP contribution in [0.15, 0.2) is 12.2 Å². The van der Waals surface area contributed by atoms with Gasteiger partial charge in [-0.2, -0.15) is 0 Å². The molecule has 0 amide bonds. The maximum absolute atomic E-state index is 12.1. The minimum atomic E-state index is -0.146. The van der Waals surface area contributed by atoms with Crippen molar-refractivity contribution in [2.75, 3.05) is 0 Å². The van der Waals surface area contributed by atoms with Crippen molar-refractivity contribution < 1.29 is 9.53 Å². The van der Waals surface area contributed by atoms with Crippen molar-refractivity contribution in [1.29, 1.82) is 0 Å². The molecule has 4 bridgehead atoms. The van der Waals surface area contributed by atoms with E-state index in [9.17, 15) is 4.79 Å². The van der Waals surface area contributed by atoms with Crippen LogP contribution in [0.25, 0.3) is 0 Å². The average molecular weight is 248 g/mol. The summed E-state index contributed by atoms with van der Waals surface area (Å²) in [6.45, 7) is 7.88. The molecule has 0 heterocycles. The molecule has 0 N–H and O–H groups in total. The molecule has 4 saturated carbocycles. The van der Waals surface area contributed by atoms with Crippen molar-refractivity contribution in [2.24, 2.45) is 23.7 Å². The van der Waals surface area contributed by atoms with E-state index >= 15 is 0 Å². The summed E-state index contributed by atoms with van der Waals surface area (Å²) in [5.74, 6) is 2.49. The summed E-state index contributed by atoms with van der Waals surface area (Å²) in [7, 11) is 0. The molecular weight excluding hydrogens is 224 g/mol. The molecule has 0 unspecified atom stereocenters. The predicted molar refractivity (Wildman–Crippen MR) is 71.0 cm³/mol. The van der Waals surface area contributed by atoms with E-state index in [1.807, 2.05) is 13.8 Å². The maximum Gasteiger partial charge on any atom is 0.334 e. The lowest BCUT2D eigenvalue weighted by molar-refractivity contribution is -0.182. The third-order valence-electron chi connectivity index (χ3n) is 5.25. The van der Waals surface area contributed by atoms with Gasteiger partial charge in [0.15, 0.2) is 0 Å². The van der Waals surface area contributed by atoms with Gasteiger partial charge in [0.05, 0.1) is 0 Å². The summed E-state index contributed by atoms with van der Waals surface area (Å²) in [6.07, 6.45) is 7.45. The highest BCUT2D eigenvalue weighted by atomic mass is 16.6. The number of rotatable bonds is 3. The first-order valence-electron chi connectivity index (χ1n) is 7.39. The molecule has 0 aliphatic heterocycles. The Kier molecular flexibility index (Phi) is 2.80. The van der Waals surface area contributed by atoms with Crippen LogP contribution in [0.4, 0.5) is 0 Å². The molecule has 4 aliphatic carbocycles. The number of carbonyl (C=O) groups excluding carboxylic acids is 1. The molecule has 4 fully saturated rings. The average Bonchev–Trinajstić information content (AvgIpc) is 2.24. The number of hydrogen-bond acceptors (Lipinski definition) is 2. The topological polar surface area (TPSA) is 26.3 Å². The van der Waals surface area contributed by atoms with Crippen molar-refractivity contribution in [2.45, 2.75) is 58.0 Å². The van der Waals surface area contributed by atoms with Gasteiger partial charge in [0.25, 0.3) is 0 Å². The molecule has 0 aromatic heterocycles. The summed E-state index contributed by atoms with van der Waals surface area (Å²) in [5, 5.41) is 0. The van der Waals surface area contributed by atoms with Crippen molar-refractivity contribution >= 4 is 5.97 Å². The van der Waals surface area contributed by atoms with Crippen LogP contribution < -0.4 is 0 Å².